The Labute approximate surface area is 136 Å². The van der Waals surface area contributed by atoms with Gasteiger partial charge in [0, 0.05) is 5.41 Å². The first kappa shape index (κ1) is 17.1. The molecule has 0 unspecified atom stereocenters. The Morgan fingerprint density at radius 1 is 1.25 bits per heavy atom. The van der Waals surface area contributed by atoms with Gasteiger partial charge in [-0.2, -0.15) is 10.4 Å². The number of nitrogens with zero attached hydrogens (tertiary/aromatic N) is 4. The molecule has 2 rings (SSSR count). The predicted octanol–water partition coefficient (Wildman–Crippen LogP) is 1.77. The summed E-state index contributed by atoms with van der Waals surface area (Å²) in [6.45, 7) is 7.67. The van der Waals surface area contributed by atoms with E-state index in [1.807, 2.05) is 31.8 Å². The number of rotatable bonds is 4. The molecule has 0 spiro atoms. The average Bonchev–Trinajstić information content (AvgIpc) is 2.89. The van der Waals surface area contributed by atoms with Crippen LogP contribution in [0.2, 0.25) is 0 Å². The lowest BCUT2D eigenvalue weighted by atomic mass is 9.90. The highest BCUT2D eigenvalue weighted by Gasteiger charge is 2.24. The highest BCUT2D eigenvalue weighted by molar-refractivity contribution is 5.53. The minimum Gasteiger partial charge on any atom is -0.477 e. The maximum Gasteiger partial charge on any atom is 0.328 e. The van der Waals surface area contributed by atoms with Gasteiger partial charge in [-0.05, 0) is 6.92 Å². The summed E-state index contributed by atoms with van der Waals surface area (Å²) in [5, 5.41) is 23.7. The molecule has 10 heteroatoms. The minimum atomic E-state index is -0.754. The first-order valence-electron chi connectivity index (χ1n) is 7.18. The molecule has 0 radical (unpaired) electrons. The van der Waals surface area contributed by atoms with Crippen LogP contribution in [0.5, 0.6) is 5.88 Å². The molecule has 3 N–H and O–H groups in total. The number of nitrogens with one attached hydrogen (secondary N) is 3. The fourth-order valence-electron chi connectivity index (χ4n) is 1.95. The number of azo groups is 1. The molecule has 0 saturated carbocycles. The molecule has 2 heterocycles. The minimum absolute atomic E-state index is 0.0514. The van der Waals surface area contributed by atoms with Gasteiger partial charge in [0.1, 0.15) is 11.6 Å². The van der Waals surface area contributed by atoms with E-state index in [9.17, 15) is 14.9 Å². The molecular weight excluding hydrogens is 314 g/mol. The highest BCUT2D eigenvalue weighted by Crippen LogP contribution is 2.30. The Balaban J connectivity index is 2.51. The van der Waals surface area contributed by atoms with Crippen LogP contribution < -0.4 is 16.0 Å². The van der Waals surface area contributed by atoms with Crippen LogP contribution in [0, 0.1) is 11.3 Å². The third kappa shape index (κ3) is 3.40. The van der Waals surface area contributed by atoms with E-state index in [1.165, 1.54) is 0 Å². The van der Waals surface area contributed by atoms with Crippen LogP contribution in [0.25, 0.3) is 0 Å². The molecule has 0 aliphatic carbocycles. The van der Waals surface area contributed by atoms with Crippen LogP contribution in [0.15, 0.2) is 19.8 Å². The number of H-pyrrole nitrogens is 3. The fraction of sp³-hybridized carbons (Fsp3) is 0.429. The lowest BCUT2D eigenvalue weighted by Gasteiger charge is -2.15. The summed E-state index contributed by atoms with van der Waals surface area (Å²) in [6.07, 6.45) is 0. The molecular formula is C14H17N7O3. The largest absolute Gasteiger partial charge is 0.477 e. The van der Waals surface area contributed by atoms with E-state index in [2.05, 4.69) is 25.4 Å². The molecule has 0 amide bonds. The van der Waals surface area contributed by atoms with E-state index in [4.69, 9.17) is 4.74 Å². The molecule has 10 nitrogen and oxygen atoms in total. The number of nitriles is 1. The van der Waals surface area contributed by atoms with Gasteiger partial charge in [0.05, 0.1) is 12.3 Å². The smallest absolute Gasteiger partial charge is 0.328 e. The second-order valence-corrected chi connectivity index (χ2v) is 5.88. The molecule has 2 aromatic heterocycles. The first-order chi connectivity index (χ1) is 11.3. The van der Waals surface area contributed by atoms with Crippen molar-refractivity contribution in [2.45, 2.75) is 33.1 Å². The van der Waals surface area contributed by atoms with Gasteiger partial charge in [0.25, 0.3) is 5.56 Å². The van der Waals surface area contributed by atoms with E-state index < -0.39 is 11.2 Å². The maximum absolute atomic E-state index is 11.9. The topological polar surface area (TPSA) is 152 Å². The van der Waals surface area contributed by atoms with Gasteiger partial charge in [0.15, 0.2) is 0 Å². The summed E-state index contributed by atoms with van der Waals surface area (Å²) in [6, 6.07) is 2.03. The van der Waals surface area contributed by atoms with Crippen LogP contribution in [0.3, 0.4) is 0 Å². The number of aromatic nitrogens is 4. The zero-order valence-corrected chi connectivity index (χ0v) is 13.7. The standard InChI is InChI=1S/C14H17N7O3/c1-5-24-12-8(11(22)16-13(23)17-12)18-20-10-7(6-15)9(19-21-10)14(2,3)4/h5H2,1-4H3,(H,19,21)(H2,16,17,22,23)/b20-18+. The summed E-state index contributed by atoms with van der Waals surface area (Å²) in [5.41, 5.74) is -1.16. The molecule has 0 aliphatic rings. The monoisotopic (exact) mass is 331 g/mol. The zero-order valence-electron chi connectivity index (χ0n) is 13.7. The molecule has 2 aromatic rings. The Kier molecular flexibility index (Phi) is 4.64. The van der Waals surface area contributed by atoms with Crippen molar-refractivity contribution in [1.82, 2.24) is 20.2 Å². The third-order valence-electron chi connectivity index (χ3n) is 3.03. The van der Waals surface area contributed by atoms with Crippen molar-refractivity contribution in [2.75, 3.05) is 6.61 Å². The van der Waals surface area contributed by atoms with Gasteiger partial charge in [-0.15, -0.1) is 10.2 Å². The lowest BCUT2D eigenvalue weighted by Crippen LogP contribution is -2.22. The fourth-order valence-corrected chi connectivity index (χ4v) is 1.95. The SMILES string of the molecule is CCOc1[nH]c(=O)[nH]c(=O)c1/N=N/c1n[nH]c(C(C)(C)C)c1C#N. The second kappa shape index (κ2) is 6.49. The molecule has 0 bridgehead atoms. The van der Waals surface area contributed by atoms with Crippen molar-refractivity contribution in [2.24, 2.45) is 10.2 Å². The Hall–Kier alpha value is -3.22. The van der Waals surface area contributed by atoms with Crippen molar-refractivity contribution >= 4 is 11.5 Å². The van der Waals surface area contributed by atoms with Crippen LogP contribution >= 0.6 is 0 Å². The lowest BCUT2D eigenvalue weighted by molar-refractivity contribution is 0.325. The second-order valence-electron chi connectivity index (χ2n) is 5.88. The van der Waals surface area contributed by atoms with E-state index in [-0.39, 0.29) is 35.0 Å². The molecule has 0 saturated heterocycles. The number of hydrogen-bond donors (Lipinski definition) is 3. The van der Waals surface area contributed by atoms with Crippen LogP contribution in [0.1, 0.15) is 39.0 Å². The van der Waals surface area contributed by atoms with Gasteiger partial charge in [-0.25, -0.2) is 4.79 Å². The van der Waals surface area contributed by atoms with Crippen molar-refractivity contribution in [3.8, 4) is 11.9 Å². The highest BCUT2D eigenvalue weighted by atomic mass is 16.5. The summed E-state index contributed by atoms with van der Waals surface area (Å²) >= 11 is 0. The van der Waals surface area contributed by atoms with Crippen molar-refractivity contribution in [3.05, 3.63) is 32.1 Å². The van der Waals surface area contributed by atoms with E-state index in [0.29, 0.717) is 5.69 Å². The third-order valence-corrected chi connectivity index (χ3v) is 3.03. The summed E-state index contributed by atoms with van der Waals surface area (Å²) in [7, 11) is 0. The molecule has 0 aromatic carbocycles. The first-order valence-corrected chi connectivity index (χ1v) is 7.18. The van der Waals surface area contributed by atoms with Crippen LogP contribution in [-0.2, 0) is 5.41 Å². The van der Waals surface area contributed by atoms with Crippen LogP contribution in [0.4, 0.5) is 11.5 Å². The van der Waals surface area contributed by atoms with Gasteiger partial charge in [-0.1, -0.05) is 20.8 Å². The number of hydrogen-bond acceptors (Lipinski definition) is 7. The average molecular weight is 331 g/mol. The molecule has 0 aliphatic heterocycles. The van der Waals surface area contributed by atoms with Crippen molar-refractivity contribution in [1.29, 1.82) is 5.26 Å². The van der Waals surface area contributed by atoms with Crippen molar-refractivity contribution < 1.29 is 4.74 Å². The Bertz CT molecular complexity index is 922. The van der Waals surface area contributed by atoms with Gasteiger partial charge in [0.2, 0.25) is 17.4 Å². The summed E-state index contributed by atoms with van der Waals surface area (Å²) < 4.78 is 5.18. The van der Waals surface area contributed by atoms with Crippen molar-refractivity contribution in [3.63, 3.8) is 0 Å². The quantitative estimate of drug-likeness (QED) is 0.729. The maximum atomic E-state index is 11.9. The normalized spacial score (nSPS) is 11.6. The predicted molar refractivity (Wildman–Crippen MR) is 85.0 cm³/mol. The van der Waals surface area contributed by atoms with Gasteiger partial charge < -0.3 is 4.74 Å². The summed E-state index contributed by atoms with van der Waals surface area (Å²) in [4.78, 5) is 27.5. The Morgan fingerprint density at radius 2 is 1.96 bits per heavy atom. The van der Waals surface area contributed by atoms with E-state index in [0.717, 1.165) is 0 Å². The molecule has 24 heavy (non-hydrogen) atoms. The Morgan fingerprint density at radius 3 is 2.54 bits per heavy atom. The van der Waals surface area contributed by atoms with Gasteiger partial charge >= 0.3 is 5.69 Å². The molecule has 0 fully saturated rings. The van der Waals surface area contributed by atoms with Gasteiger partial charge in [-0.3, -0.25) is 19.9 Å². The van der Waals surface area contributed by atoms with E-state index >= 15 is 0 Å². The van der Waals surface area contributed by atoms with Crippen LogP contribution in [-0.4, -0.2) is 26.8 Å². The van der Waals surface area contributed by atoms with E-state index in [1.54, 1.807) is 6.92 Å². The molecule has 126 valence electrons. The zero-order chi connectivity index (χ0) is 17.9. The molecule has 0 atom stereocenters. The number of aromatic amines is 3. The summed E-state index contributed by atoms with van der Waals surface area (Å²) in [5.74, 6) is -0.0458. The number of ether oxygens (including phenoxy) is 1.